The monoisotopic (exact) mass is 322 g/mol. The van der Waals surface area contributed by atoms with Crippen LogP contribution in [0.3, 0.4) is 0 Å². The van der Waals surface area contributed by atoms with E-state index in [1.165, 1.54) is 12.1 Å². The SMILES string of the molecule is Nc1onc(-c2cc(Cl)cc(Cl)c2)c1-c1ccc(F)cc1. The lowest BCUT2D eigenvalue weighted by Crippen LogP contribution is -1.88. The van der Waals surface area contributed by atoms with Crippen LogP contribution in [0.5, 0.6) is 0 Å². The van der Waals surface area contributed by atoms with E-state index in [1.807, 2.05) is 0 Å². The number of nitrogens with two attached hydrogens (primary N) is 1. The molecule has 0 bridgehead atoms. The molecular weight excluding hydrogens is 314 g/mol. The second-order valence-corrected chi connectivity index (χ2v) is 5.31. The molecule has 1 aromatic heterocycles. The average Bonchev–Trinajstić information content (AvgIpc) is 2.80. The van der Waals surface area contributed by atoms with Crippen molar-refractivity contribution in [3.05, 3.63) is 58.3 Å². The molecular formula is C15H9Cl2FN2O. The second kappa shape index (κ2) is 5.39. The molecule has 3 rings (SSSR count). The molecule has 0 unspecified atom stereocenters. The molecule has 2 N–H and O–H groups in total. The molecule has 0 saturated heterocycles. The van der Waals surface area contributed by atoms with Crippen LogP contribution in [0.25, 0.3) is 22.4 Å². The van der Waals surface area contributed by atoms with Crippen molar-refractivity contribution >= 4 is 29.1 Å². The highest BCUT2D eigenvalue weighted by atomic mass is 35.5. The summed E-state index contributed by atoms with van der Waals surface area (Å²) in [6, 6.07) is 10.9. The van der Waals surface area contributed by atoms with E-state index < -0.39 is 0 Å². The summed E-state index contributed by atoms with van der Waals surface area (Å²) in [5, 5.41) is 4.91. The van der Waals surface area contributed by atoms with E-state index in [4.69, 9.17) is 33.5 Å². The number of aromatic nitrogens is 1. The van der Waals surface area contributed by atoms with Crippen molar-refractivity contribution in [1.82, 2.24) is 5.16 Å². The zero-order valence-corrected chi connectivity index (χ0v) is 12.1. The third kappa shape index (κ3) is 2.73. The zero-order chi connectivity index (χ0) is 15.0. The fourth-order valence-electron chi connectivity index (χ4n) is 2.09. The summed E-state index contributed by atoms with van der Waals surface area (Å²) in [5.41, 5.74) is 8.29. The first-order valence-electron chi connectivity index (χ1n) is 6.02. The lowest BCUT2D eigenvalue weighted by Gasteiger charge is -2.04. The van der Waals surface area contributed by atoms with Gasteiger partial charge in [-0.2, -0.15) is 0 Å². The highest BCUT2D eigenvalue weighted by Crippen LogP contribution is 2.37. The van der Waals surface area contributed by atoms with Gasteiger partial charge < -0.3 is 10.3 Å². The molecule has 6 heteroatoms. The van der Waals surface area contributed by atoms with Crippen molar-refractivity contribution < 1.29 is 8.91 Å². The maximum absolute atomic E-state index is 13.1. The summed E-state index contributed by atoms with van der Waals surface area (Å²) >= 11 is 12.0. The summed E-state index contributed by atoms with van der Waals surface area (Å²) in [5.74, 6) is -0.186. The second-order valence-electron chi connectivity index (χ2n) is 4.44. The number of halogens is 3. The molecule has 2 aromatic carbocycles. The van der Waals surface area contributed by atoms with Gasteiger partial charge >= 0.3 is 0 Å². The number of rotatable bonds is 2. The molecule has 0 radical (unpaired) electrons. The molecule has 0 amide bonds. The Labute approximate surface area is 130 Å². The zero-order valence-electron chi connectivity index (χ0n) is 10.6. The van der Waals surface area contributed by atoms with Crippen LogP contribution in [-0.2, 0) is 0 Å². The van der Waals surface area contributed by atoms with E-state index in [-0.39, 0.29) is 11.7 Å². The van der Waals surface area contributed by atoms with Gasteiger partial charge in [-0.15, -0.1) is 0 Å². The molecule has 3 nitrogen and oxygen atoms in total. The topological polar surface area (TPSA) is 52.0 Å². The van der Waals surface area contributed by atoms with Crippen LogP contribution in [0.4, 0.5) is 10.3 Å². The lowest BCUT2D eigenvalue weighted by atomic mass is 10.0. The predicted octanol–water partition coefficient (Wildman–Crippen LogP) is 5.04. The molecule has 21 heavy (non-hydrogen) atoms. The lowest BCUT2D eigenvalue weighted by molar-refractivity contribution is 0.439. The van der Waals surface area contributed by atoms with Crippen LogP contribution in [0.15, 0.2) is 47.0 Å². The molecule has 0 aliphatic rings. The quantitative estimate of drug-likeness (QED) is 0.719. The van der Waals surface area contributed by atoms with E-state index in [2.05, 4.69) is 5.16 Å². The van der Waals surface area contributed by atoms with Crippen molar-refractivity contribution in [1.29, 1.82) is 0 Å². The first kappa shape index (κ1) is 13.9. The first-order chi connectivity index (χ1) is 10.0. The van der Waals surface area contributed by atoms with Crippen molar-refractivity contribution in [2.24, 2.45) is 0 Å². The number of nitrogens with zero attached hydrogens (tertiary/aromatic N) is 1. The minimum absolute atomic E-state index is 0.146. The fourth-order valence-corrected chi connectivity index (χ4v) is 2.61. The predicted molar refractivity (Wildman–Crippen MR) is 81.8 cm³/mol. The molecule has 106 valence electrons. The van der Waals surface area contributed by atoms with Crippen molar-refractivity contribution in [2.75, 3.05) is 5.73 Å². The van der Waals surface area contributed by atoms with Gasteiger partial charge in [0.15, 0.2) is 0 Å². The molecule has 0 aliphatic heterocycles. The minimum atomic E-state index is -0.332. The molecule has 0 aliphatic carbocycles. The van der Waals surface area contributed by atoms with Gasteiger partial charge in [-0.3, -0.25) is 0 Å². The van der Waals surface area contributed by atoms with Gasteiger partial charge in [0.1, 0.15) is 11.5 Å². The standard InChI is InChI=1S/C15H9Cl2FN2O/c16-10-5-9(6-11(17)7-10)14-13(15(19)21-20-14)8-1-3-12(18)4-2-8/h1-7H,19H2. The molecule has 1 heterocycles. The largest absolute Gasteiger partial charge is 0.367 e. The van der Waals surface area contributed by atoms with E-state index in [1.54, 1.807) is 30.3 Å². The Balaban J connectivity index is 2.19. The van der Waals surface area contributed by atoms with Gasteiger partial charge in [-0.05, 0) is 35.9 Å². The Morgan fingerprint density at radius 1 is 0.952 bits per heavy atom. The van der Waals surface area contributed by atoms with Crippen molar-refractivity contribution in [2.45, 2.75) is 0 Å². The molecule has 0 saturated carbocycles. The van der Waals surface area contributed by atoms with E-state index in [9.17, 15) is 4.39 Å². The summed E-state index contributed by atoms with van der Waals surface area (Å²) in [7, 11) is 0. The Morgan fingerprint density at radius 2 is 1.57 bits per heavy atom. The molecule has 0 spiro atoms. The van der Waals surface area contributed by atoms with Crippen LogP contribution in [0, 0.1) is 5.82 Å². The van der Waals surface area contributed by atoms with Gasteiger partial charge in [0.25, 0.3) is 0 Å². The number of hydrogen-bond donors (Lipinski definition) is 1. The van der Waals surface area contributed by atoms with Crippen LogP contribution >= 0.6 is 23.2 Å². The van der Waals surface area contributed by atoms with Gasteiger partial charge in [0.2, 0.25) is 5.88 Å². The maximum atomic E-state index is 13.1. The number of nitrogen functional groups attached to an aromatic ring is 1. The van der Waals surface area contributed by atoms with Gasteiger partial charge in [0.05, 0.1) is 5.56 Å². The first-order valence-corrected chi connectivity index (χ1v) is 6.78. The summed E-state index contributed by atoms with van der Waals surface area (Å²) in [6.45, 7) is 0. The molecule has 0 fully saturated rings. The van der Waals surface area contributed by atoms with Crippen molar-refractivity contribution in [3.8, 4) is 22.4 Å². The molecule has 3 aromatic rings. The smallest absolute Gasteiger partial charge is 0.230 e. The van der Waals surface area contributed by atoms with E-state index >= 15 is 0 Å². The number of benzene rings is 2. The maximum Gasteiger partial charge on any atom is 0.230 e. The average molecular weight is 323 g/mol. The van der Waals surface area contributed by atoms with Crippen LogP contribution in [-0.4, -0.2) is 5.16 Å². The Kier molecular flexibility index (Phi) is 3.57. The summed E-state index contributed by atoms with van der Waals surface area (Å²) in [6.07, 6.45) is 0. The fraction of sp³-hybridized carbons (Fsp3) is 0. The third-order valence-corrected chi connectivity index (χ3v) is 3.42. The van der Waals surface area contributed by atoms with Gasteiger partial charge in [-0.25, -0.2) is 4.39 Å². The minimum Gasteiger partial charge on any atom is -0.367 e. The van der Waals surface area contributed by atoms with E-state index in [0.717, 1.165) is 0 Å². The highest BCUT2D eigenvalue weighted by Gasteiger charge is 2.18. The highest BCUT2D eigenvalue weighted by molar-refractivity contribution is 6.35. The normalized spacial score (nSPS) is 10.8. The van der Waals surface area contributed by atoms with Gasteiger partial charge in [0, 0.05) is 15.6 Å². The molecule has 0 atom stereocenters. The Morgan fingerprint density at radius 3 is 2.19 bits per heavy atom. The van der Waals surface area contributed by atoms with E-state index in [0.29, 0.717) is 32.4 Å². The number of hydrogen-bond acceptors (Lipinski definition) is 3. The van der Waals surface area contributed by atoms with Crippen LogP contribution < -0.4 is 5.73 Å². The Hall–Kier alpha value is -2.04. The third-order valence-electron chi connectivity index (χ3n) is 2.99. The summed E-state index contributed by atoms with van der Waals surface area (Å²) < 4.78 is 18.1. The van der Waals surface area contributed by atoms with Gasteiger partial charge in [-0.1, -0.05) is 40.5 Å². The Bertz CT molecular complexity index is 780. The van der Waals surface area contributed by atoms with Crippen LogP contribution in [0.2, 0.25) is 10.0 Å². The van der Waals surface area contributed by atoms with Crippen molar-refractivity contribution in [3.63, 3.8) is 0 Å². The number of anilines is 1. The van der Waals surface area contributed by atoms with Crippen LogP contribution in [0.1, 0.15) is 0 Å². The summed E-state index contributed by atoms with van der Waals surface area (Å²) in [4.78, 5) is 0.